The van der Waals surface area contributed by atoms with Crippen molar-refractivity contribution in [3.05, 3.63) is 58.1 Å². The van der Waals surface area contributed by atoms with E-state index in [4.69, 9.17) is 0 Å². The average Bonchev–Trinajstić information content (AvgIpc) is 2.73. The summed E-state index contributed by atoms with van der Waals surface area (Å²) >= 11 is 0. The van der Waals surface area contributed by atoms with Gasteiger partial charge in [-0.1, -0.05) is 12.1 Å². The molecule has 1 fully saturated rings. The van der Waals surface area contributed by atoms with Gasteiger partial charge in [-0.15, -0.1) is 0 Å². The summed E-state index contributed by atoms with van der Waals surface area (Å²) in [4.78, 5) is 24.6. The lowest BCUT2D eigenvalue weighted by molar-refractivity contribution is -0.384. The molecule has 2 aromatic carbocycles. The minimum absolute atomic E-state index is 0.0394. The van der Waals surface area contributed by atoms with Crippen LogP contribution in [0.25, 0.3) is 0 Å². The van der Waals surface area contributed by atoms with Gasteiger partial charge in [0.15, 0.2) is 0 Å². The number of anilines is 2. The van der Waals surface area contributed by atoms with E-state index in [9.17, 15) is 36.9 Å². The van der Waals surface area contributed by atoms with E-state index in [0.717, 1.165) is 12.1 Å². The summed E-state index contributed by atoms with van der Waals surface area (Å²) in [6.07, 6.45) is -4.18. The number of piperidine rings is 1. The van der Waals surface area contributed by atoms with Gasteiger partial charge in [-0.25, -0.2) is 0 Å². The van der Waals surface area contributed by atoms with Crippen LogP contribution >= 0.6 is 0 Å². The molecule has 1 amide bonds. The number of para-hydroxylation sites is 2. The molecule has 0 saturated carbocycles. The molecule has 2 aromatic rings. The molecule has 12 heteroatoms. The summed E-state index contributed by atoms with van der Waals surface area (Å²) < 4.78 is 68.1. The van der Waals surface area contributed by atoms with Crippen molar-refractivity contribution in [3.63, 3.8) is 0 Å². The van der Waals surface area contributed by atoms with Crippen LogP contribution < -0.4 is 15.0 Å². The van der Waals surface area contributed by atoms with Crippen LogP contribution in [0, 0.1) is 16.0 Å². The van der Waals surface area contributed by atoms with Crippen LogP contribution in [0.5, 0.6) is 5.75 Å². The Balaban J connectivity index is 1.68. The second kappa shape index (κ2) is 9.37. The fourth-order valence-corrected chi connectivity index (χ4v) is 3.50. The van der Waals surface area contributed by atoms with E-state index in [0.29, 0.717) is 6.07 Å². The summed E-state index contributed by atoms with van der Waals surface area (Å²) in [6, 6.07) is 8.04. The summed E-state index contributed by atoms with van der Waals surface area (Å²) in [5, 5.41) is 13.9. The van der Waals surface area contributed by atoms with Crippen LogP contribution in [0.1, 0.15) is 18.4 Å². The molecule has 3 rings (SSSR count). The summed E-state index contributed by atoms with van der Waals surface area (Å²) in [5.74, 6) is -1.13. The molecule has 1 N–H and O–H groups in total. The van der Waals surface area contributed by atoms with E-state index in [1.807, 2.05) is 0 Å². The first-order valence-corrected chi connectivity index (χ1v) is 9.51. The monoisotopic (exact) mass is 459 g/mol. The Kier molecular flexibility index (Phi) is 6.80. The number of halogens is 5. The number of amides is 1. The van der Waals surface area contributed by atoms with Gasteiger partial charge in [0.1, 0.15) is 11.4 Å². The minimum atomic E-state index is -4.71. The number of ether oxygens (including phenoxy) is 1. The SMILES string of the molecule is O=C(Nc1ccccc1OC(F)F)C1CCN(c2ccc(C(F)(F)F)cc2[N+](=O)[O-])CC1. The summed E-state index contributed by atoms with van der Waals surface area (Å²) in [6.45, 7) is -2.67. The lowest BCUT2D eigenvalue weighted by Crippen LogP contribution is -2.38. The van der Waals surface area contributed by atoms with Crippen LogP contribution in [-0.4, -0.2) is 30.5 Å². The van der Waals surface area contributed by atoms with Crippen LogP contribution in [0.4, 0.5) is 39.0 Å². The third-order valence-corrected chi connectivity index (χ3v) is 5.07. The van der Waals surface area contributed by atoms with Crippen molar-refractivity contribution in [2.75, 3.05) is 23.3 Å². The van der Waals surface area contributed by atoms with Crippen LogP contribution in [0.3, 0.4) is 0 Å². The highest BCUT2D eigenvalue weighted by atomic mass is 19.4. The highest BCUT2D eigenvalue weighted by molar-refractivity contribution is 5.94. The molecule has 0 bridgehead atoms. The predicted octanol–water partition coefficient (Wildman–Crippen LogP) is 5.07. The first-order chi connectivity index (χ1) is 15.1. The Morgan fingerprint density at radius 2 is 1.81 bits per heavy atom. The first kappa shape index (κ1) is 23.2. The summed E-state index contributed by atoms with van der Waals surface area (Å²) in [5.41, 5.74) is -1.66. The highest BCUT2D eigenvalue weighted by Crippen LogP contribution is 2.38. The normalized spacial score (nSPS) is 15.0. The lowest BCUT2D eigenvalue weighted by atomic mass is 9.95. The van der Waals surface area contributed by atoms with E-state index < -0.39 is 40.8 Å². The predicted molar refractivity (Wildman–Crippen MR) is 105 cm³/mol. The molecule has 32 heavy (non-hydrogen) atoms. The van der Waals surface area contributed by atoms with E-state index in [1.54, 1.807) is 11.0 Å². The van der Waals surface area contributed by atoms with Gasteiger partial charge in [0.2, 0.25) is 5.91 Å². The number of nitrogens with one attached hydrogen (secondary N) is 1. The molecular formula is C20H18F5N3O4. The summed E-state index contributed by atoms with van der Waals surface area (Å²) in [7, 11) is 0. The number of rotatable bonds is 6. The van der Waals surface area contributed by atoms with Gasteiger partial charge >= 0.3 is 12.8 Å². The maximum absolute atomic E-state index is 12.9. The van der Waals surface area contributed by atoms with Crippen LogP contribution in [0.15, 0.2) is 42.5 Å². The number of carbonyl (C=O) groups is 1. The molecule has 1 saturated heterocycles. The third-order valence-electron chi connectivity index (χ3n) is 5.07. The van der Waals surface area contributed by atoms with Crippen LogP contribution in [-0.2, 0) is 11.0 Å². The molecular weight excluding hydrogens is 441 g/mol. The number of alkyl halides is 5. The number of hydrogen-bond donors (Lipinski definition) is 1. The third kappa shape index (κ3) is 5.42. The van der Waals surface area contributed by atoms with Gasteiger partial charge < -0.3 is 15.0 Å². The van der Waals surface area contributed by atoms with Crippen molar-refractivity contribution < 1.29 is 36.4 Å². The standard InChI is InChI=1S/C20H18F5N3O4/c21-19(22)32-17-4-2-1-3-14(17)26-18(29)12-7-9-27(10-8-12)15-6-5-13(20(23,24)25)11-16(15)28(30)31/h1-6,11-12,19H,7-10H2,(H,26,29). The number of nitrogens with zero attached hydrogens (tertiary/aromatic N) is 2. The number of benzene rings is 2. The molecule has 1 aliphatic rings. The smallest absolute Gasteiger partial charge is 0.416 e. The van der Waals surface area contributed by atoms with Crippen molar-refractivity contribution in [2.24, 2.45) is 5.92 Å². The van der Waals surface area contributed by atoms with E-state index in [-0.39, 0.29) is 43.1 Å². The molecule has 0 aliphatic carbocycles. The van der Waals surface area contributed by atoms with Crippen molar-refractivity contribution >= 4 is 23.0 Å². The van der Waals surface area contributed by atoms with Gasteiger partial charge in [0.25, 0.3) is 5.69 Å². The Labute approximate surface area is 178 Å². The zero-order valence-corrected chi connectivity index (χ0v) is 16.4. The zero-order chi connectivity index (χ0) is 23.5. The molecule has 0 unspecified atom stereocenters. The van der Waals surface area contributed by atoms with Gasteiger partial charge in [0, 0.05) is 25.1 Å². The Bertz CT molecular complexity index is 991. The van der Waals surface area contributed by atoms with Crippen molar-refractivity contribution in [1.29, 1.82) is 0 Å². The molecule has 7 nitrogen and oxygen atoms in total. The number of hydrogen-bond acceptors (Lipinski definition) is 5. The Morgan fingerprint density at radius 1 is 1.16 bits per heavy atom. The number of nitro benzene ring substituents is 1. The highest BCUT2D eigenvalue weighted by Gasteiger charge is 2.35. The maximum atomic E-state index is 12.9. The van der Waals surface area contributed by atoms with Crippen molar-refractivity contribution in [3.8, 4) is 5.75 Å². The second-order valence-electron chi connectivity index (χ2n) is 7.08. The average molecular weight is 459 g/mol. The topological polar surface area (TPSA) is 84.7 Å². The molecule has 0 atom stereocenters. The zero-order valence-electron chi connectivity index (χ0n) is 16.4. The lowest BCUT2D eigenvalue weighted by Gasteiger charge is -2.32. The fourth-order valence-electron chi connectivity index (χ4n) is 3.50. The van der Waals surface area contributed by atoms with Crippen LogP contribution in [0.2, 0.25) is 0 Å². The molecule has 0 spiro atoms. The molecule has 0 radical (unpaired) electrons. The van der Waals surface area contributed by atoms with Crippen molar-refractivity contribution in [1.82, 2.24) is 0 Å². The Hall–Kier alpha value is -3.44. The number of carbonyl (C=O) groups excluding carboxylic acids is 1. The fraction of sp³-hybridized carbons (Fsp3) is 0.350. The van der Waals surface area contributed by atoms with Crippen molar-refractivity contribution in [2.45, 2.75) is 25.6 Å². The molecule has 1 heterocycles. The Morgan fingerprint density at radius 3 is 2.41 bits per heavy atom. The van der Waals surface area contributed by atoms with Gasteiger partial charge in [0.05, 0.1) is 16.2 Å². The van der Waals surface area contributed by atoms with Gasteiger partial charge in [-0.3, -0.25) is 14.9 Å². The quantitative estimate of drug-likeness (QED) is 0.371. The first-order valence-electron chi connectivity index (χ1n) is 9.51. The van der Waals surface area contributed by atoms with E-state index >= 15 is 0 Å². The molecule has 172 valence electrons. The molecule has 0 aromatic heterocycles. The largest absolute Gasteiger partial charge is 0.433 e. The molecule has 1 aliphatic heterocycles. The second-order valence-corrected chi connectivity index (χ2v) is 7.08. The van der Waals surface area contributed by atoms with E-state index in [1.165, 1.54) is 18.2 Å². The number of nitro groups is 1. The van der Waals surface area contributed by atoms with Gasteiger partial charge in [-0.05, 0) is 37.1 Å². The van der Waals surface area contributed by atoms with E-state index in [2.05, 4.69) is 10.1 Å². The maximum Gasteiger partial charge on any atom is 0.416 e. The minimum Gasteiger partial charge on any atom is -0.433 e. The van der Waals surface area contributed by atoms with Gasteiger partial charge in [-0.2, -0.15) is 22.0 Å².